The average molecular weight is 206 g/mol. The van der Waals surface area contributed by atoms with Gasteiger partial charge in [-0.15, -0.1) is 0 Å². The first kappa shape index (κ1) is 10.0. The number of aryl methyl sites for hydroxylation is 1. The van der Waals surface area contributed by atoms with E-state index in [-0.39, 0.29) is 5.75 Å². The van der Waals surface area contributed by atoms with E-state index in [9.17, 15) is 9.90 Å². The third kappa shape index (κ3) is 1.82. The number of rotatable bonds is 3. The highest BCUT2D eigenvalue weighted by Crippen LogP contribution is 2.48. The molecule has 0 radical (unpaired) electrons. The Labute approximate surface area is 88.4 Å². The molecule has 1 fully saturated rings. The van der Waals surface area contributed by atoms with Crippen LogP contribution in [0.5, 0.6) is 5.75 Å². The number of carboxylic acid groups (broad SMARTS) is 1. The zero-order chi connectivity index (χ0) is 11.1. The number of phenols is 1. The SMILES string of the molecule is Cc1ccc(CC2(C(=O)O)CC2)cc1O. The normalized spacial score (nSPS) is 17.4. The average Bonchev–Trinajstić information content (AvgIpc) is 2.93. The summed E-state index contributed by atoms with van der Waals surface area (Å²) >= 11 is 0. The molecule has 0 amide bonds. The number of benzene rings is 1. The fraction of sp³-hybridized carbons (Fsp3) is 0.417. The van der Waals surface area contributed by atoms with E-state index in [0.717, 1.165) is 24.0 Å². The molecule has 0 aliphatic heterocycles. The number of carbonyl (C=O) groups is 1. The Morgan fingerprint density at radius 2 is 2.13 bits per heavy atom. The molecule has 1 aromatic rings. The van der Waals surface area contributed by atoms with Crippen molar-refractivity contribution in [2.75, 3.05) is 0 Å². The third-order valence-electron chi connectivity index (χ3n) is 3.12. The second-order valence-electron chi connectivity index (χ2n) is 4.38. The van der Waals surface area contributed by atoms with E-state index in [4.69, 9.17) is 5.11 Å². The number of aliphatic carboxylic acids is 1. The fourth-order valence-electron chi connectivity index (χ4n) is 1.77. The van der Waals surface area contributed by atoms with Crippen molar-refractivity contribution in [3.8, 4) is 5.75 Å². The largest absolute Gasteiger partial charge is 0.508 e. The Morgan fingerprint density at radius 3 is 2.60 bits per heavy atom. The molecule has 1 saturated carbocycles. The highest BCUT2D eigenvalue weighted by Gasteiger charge is 2.49. The van der Waals surface area contributed by atoms with E-state index >= 15 is 0 Å². The van der Waals surface area contributed by atoms with Crippen molar-refractivity contribution in [3.05, 3.63) is 29.3 Å². The van der Waals surface area contributed by atoms with Gasteiger partial charge in [-0.1, -0.05) is 12.1 Å². The van der Waals surface area contributed by atoms with Gasteiger partial charge in [-0.2, -0.15) is 0 Å². The quantitative estimate of drug-likeness (QED) is 0.796. The van der Waals surface area contributed by atoms with Gasteiger partial charge in [-0.25, -0.2) is 0 Å². The summed E-state index contributed by atoms with van der Waals surface area (Å²) in [7, 11) is 0. The van der Waals surface area contributed by atoms with E-state index in [2.05, 4.69) is 0 Å². The van der Waals surface area contributed by atoms with Crippen molar-refractivity contribution >= 4 is 5.97 Å². The first-order valence-corrected chi connectivity index (χ1v) is 5.05. The smallest absolute Gasteiger partial charge is 0.309 e. The van der Waals surface area contributed by atoms with Gasteiger partial charge in [0.2, 0.25) is 0 Å². The molecule has 80 valence electrons. The molecule has 0 aromatic heterocycles. The lowest BCUT2D eigenvalue weighted by molar-refractivity contribution is -0.143. The maximum atomic E-state index is 11.0. The summed E-state index contributed by atoms with van der Waals surface area (Å²) in [5.41, 5.74) is 1.17. The monoisotopic (exact) mass is 206 g/mol. The van der Waals surface area contributed by atoms with Gasteiger partial charge in [0.25, 0.3) is 0 Å². The number of hydrogen-bond acceptors (Lipinski definition) is 2. The van der Waals surface area contributed by atoms with E-state index in [1.54, 1.807) is 6.07 Å². The second-order valence-corrected chi connectivity index (χ2v) is 4.38. The Morgan fingerprint density at radius 1 is 1.47 bits per heavy atom. The number of hydrogen-bond donors (Lipinski definition) is 2. The molecule has 1 aliphatic carbocycles. The van der Waals surface area contributed by atoms with Crippen LogP contribution in [0.25, 0.3) is 0 Å². The lowest BCUT2D eigenvalue weighted by atomic mass is 9.96. The fourth-order valence-corrected chi connectivity index (χ4v) is 1.77. The third-order valence-corrected chi connectivity index (χ3v) is 3.12. The minimum Gasteiger partial charge on any atom is -0.508 e. The standard InChI is InChI=1S/C12H14O3/c1-8-2-3-9(6-10(8)13)7-12(4-5-12)11(14)15/h2-3,6,13H,4-5,7H2,1H3,(H,14,15). The zero-order valence-corrected chi connectivity index (χ0v) is 8.66. The Kier molecular flexibility index (Phi) is 2.18. The molecule has 0 saturated heterocycles. The summed E-state index contributed by atoms with van der Waals surface area (Å²) in [6.45, 7) is 1.82. The van der Waals surface area contributed by atoms with Gasteiger partial charge in [0.1, 0.15) is 5.75 Å². The maximum Gasteiger partial charge on any atom is 0.309 e. The van der Waals surface area contributed by atoms with Gasteiger partial charge >= 0.3 is 5.97 Å². The molecule has 3 nitrogen and oxygen atoms in total. The van der Waals surface area contributed by atoms with Crippen molar-refractivity contribution in [2.45, 2.75) is 26.2 Å². The van der Waals surface area contributed by atoms with Crippen LogP contribution >= 0.6 is 0 Å². The van der Waals surface area contributed by atoms with Crippen molar-refractivity contribution in [1.82, 2.24) is 0 Å². The molecule has 1 aromatic carbocycles. The molecule has 0 atom stereocenters. The van der Waals surface area contributed by atoms with Crippen LogP contribution in [-0.4, -0.2) is 16.2 Å². The zero-order valence-electron chi connectivity index (χ0n) is 8.66. The molecule has 3 heteroatoms. The highest BCUT2D eigenvalue weighted by molar-refractivity contribution is 5.78. The summed E-state index contributed by atoms with van der Waals surface area (Å²) in [4.78, 5) is 11.0. The molecule has 0 bridgehead atoms. The lowest BCUT2D eigenvalue weighted by Gasteiger charge is -2.10. The number of phenolic OH excluding ortho intramolecular Hbond substituents is 1. The van der Waals surface area contributed by atoms with Gasteiger partial charge in [-0.3, -0.25) is 4.79 Å². The first-order chi connectivity index (χ1) is 7.03. The van der Waals surface area contributed by atoms with Crippen LogP contribution in [-0.2, 0) is 11.2 Å². The number of aromatic hydroxyl groups is 1. The summed E-state index contributed by atoms with van der Waals surface area (Å²) in [5, 5.41) is 18.5. The van der Waals surface area contributed by atoms with Crippen LogP contribution in [0.4, 0.5) is 0 Å². The van der Waals surface area contributed by atoms with Gasteiger partial charge in [0.05, 0.1) is 5.41 Å². The molecule has 0 heterocycles. The first-order valence-electron chi connectivity index (χ1n) is 5.05. The van der Waals surface area contributed by atoms with Gasteiger partial charge in [0.15, 0.2) is 0 Å². The van der Waals surface area contributed by atoms with Crippen LogP contribution < -0.4 is 0 Å². The van der Waals surface area contributed by atoms with Crippen LogP contribution in [0.3, 0.4) is 0 Å². The number of carboxylic acids is 1. The van der Waals surface area contributed by atoms with Crippen molar-refractivity contribution in [3.63, 3.8) is 0 Å². The van der Waals surface area contributed by atoms with Crippen molar-refractivity contribution < 1.29 is 15.0 Å². The molecule has 0 unspecified atom stereocenters. The minimum absolute atomic E-state index is 0.244. The predicted octanol–water partition coefficient (Wildman–Crippen LogP) is 2.11. The molecular formula is C12H14O3. The summed E-state index contributed by atoms with van der Waals surface area (Å²) < 4.78 is 0. The predicted molar refractivity (Wildman–Crippen MR) is 55.9 cm³/mol. The Bertz CT molecular complexity index is 405. The summed E-state index contributed by atoms with van der Waals surface area (Å²) in [6, 6.07) is 5.37. The van der Waals surface area contributed by atoms with Gasteiger partial charge in [0, 0.05) is 0 Å². The molecule has 2 rings (SSSR count). The topological polar surface area (TPSA) is 57.5 Å². The van der Waals surface area contributed by atoms with Crippen molar-refractivity contribution in [2.24, 2.45) is 5.41 Å². The minimum atomic E-state index is -0.720. The van der Waals surface area contributed by atoms with E-state index in [0.29, 0.717) is 6.42 Å². The summed E-state index contributed by atoms with van der Waals surface area (Å²) in [5.74, 6) is -0.476. The Balaban J connectivity index is 2.18. The maximum absolute atomic E-state index is 11.0. The molecule has 1 aliphatic rings. The van der Waals surface area contributed by atoms with E-state index in [1.165, 1.54) is 0 Å². The van der Waals surface area contributed by atoms with Gasteiger partial charge < -0.3 is 10.2 Å². The van der Waals surface area contributed by atoms with Crippen LogP contribution in [0.2, 0.25) is 0 Å². The molecule has 15 heavy (non-hydrogen) atoms. The van der Waals surface area contributed by atoms with Crippen LogP contribution in [0.15, 0.2) is 18.2 Å². The highest BCUT2D eigenvalue weighted by atomic mass is 16.4. The van der Waals surface area contributed by atoms with Crippen LogP contribution in [0, 0.1) is 12.3 Å². The Hall–Kier alpha value is -1.51. The van der Waals surface area contributed by atoms with Crippen molar-refractivity contribution in [1.29, 1.82) is 0 Å². The molecule has 2 N–H and O–H groups in total. The second kappa shape index (κ2) is 3.26. The van der Waals surface area contributed by atoms with Crippen LogP contribution in [0.1, 0.15) is 24.0 Å². The molecule has 0 spiro atoms. The summed E-state index contributed by atoms with van der Waals surface area (Å²) in [6.07, 6.45) is 2.02. The molecular weight excluding hydrogens is 192 g/mol. The van der Waals surface area contributed by atoms with Gasteiger partial charge in [-0.05, 0) is 43.4 Å². The van der Waals surface area contributed by atoms with E-state index < -0.39 is 11.4 Å². The lowest BCUT2D eigenvalue weighted by Crippen LogP contribution is -2.17. The van der Waals surface area contributed by atoms with E-state index in [1.807, 2.05) is 19.1 Å².